The third kappa shape index (κ3) is 5.32. The quantitative estimate of drug-likeness (QED) is 0.170. The number of hydrogen-bond acceptors (Lipinski definition) is 3. The van der Waals surface area contributed by atoms with Gasteiger partial charge in [-0.25, -0.2) is 0 Å². The fourth-order valence-corrected chi connectivity index (χ4v) is 9.45. The van der Waals surface area contributed by atoms with Crippen molar-refractivity contribution >= 4 is 81.3 Å². The molecule has 258 valence electrons. The molecule has 0 atom stereocenters. The van der Waals surface area contributed by atoms with Crippen molar-refractivity contribution in [1.82, 2.24) is 0 Å². The van der Waals surface area contributed by atoms with Gasteiger partial charge in [0.1, 0.15) is 11.2 Å². The lowest BCUT2D eigenvalue weighted by Gasteiger charge is -2.30. The number of thiophene rings is 1. The molecule has 2 heterocycles. The fraction of sp³-hybridized carbons (Fsp3) is 0. The van der Waals surface area contributed by atoms with E-state index in [9.17, 15) is 0 Å². The number of hydrogen-bond donors (Lipinski definition) is 0. The first-order valence-electron chi connectivity index (χ1n) is 18.7. The van der Waals surface area contributed by atoms with Crippen molar-refractivity contribution in [1.29, 1.82) is 0 Å². The number of benzene rings is 9. The second kappa shape index (κ2) is 12.9. The summed E-state index contributed by atoms with van der Waals surface area (Å²) in [4.78, 5) is 2.44. The van der Waals surface area contributed by atoms with Crippen LogP contribution < -0.4 is 4.90 Å². The van der Waals surface area contributed by atoms with E-state index in [1.54, 1.807) is 0 Å². The highest BCUT2D eigenvalue weighted by molar-refractivity contribution is 7.25. The predicted molar refractivity (Wildman–Crippen MR) is 235 cm³/mol. The molecule has 0 aliphatic rings. The van der Waals surface area contributed by atoms with Crippen molar-refractivity contribution in [3.8, 4) is 33.4 Å². The van der Waals surface area contributed by atoms with E-state index in [-0.39, 0.29) is 0 Å². The first kappa shape index (κ1) is 31.6. The maximum Gasteiger partial charge on any atom is 0.136 e. The van der Waals surface area contributed by atoms with Gasteiger partial charge in [-0.15, -0.1) is 11.3 Å². The molecule has 0 saturated heterocycles. The normalized spacial score (nSPS) is 11.6. The number of anilines is 3. The monoisotopic (exact) mass is 719 g/mol. The minimum Gasteiger partial charge on any atom is -0.456 e. The van der Waals surface area contributed by atoms with Crippen LogP contribution in [0.4, 0.5) is 17.1 Å². The maximum absolute atomic E-state index is 6.40. The summed E-state index contributed by atoms with van der Waals surface area (Å²) in [5.41, 5.74) is 12.0. The first-order valence-corrected chi connectivity index (χ1v) is 19.5. The molecule has 11 rings (SSSR count). The molecule has 0 aliphatic heterocycles. The van der Waals surface area contributed by atoms with Gasteiger partial charge in [0, 0.05) is 47.8 Å². The summed E-state index contributed by atoms with van der Waals surface area (Å²) < 4.78 is 9.02. The smallest absolute Gasteiger partial charge is 0.136 e. The number of rotatable bonds is 6. The van der Waals surface area contributed by atoms with Crippen molar-refractivity contribution in [3.63, 3.8) is 0 Å². The summed E-state index contributed by atoms with van der Waals surface area (Å²) in [6.45, 7) is 0. The van der Waals surface area contributed by atoms with Gasteiger partial charge in [0.05, 0.1) is 11.4 Å². The Labute approximate surface area is 322 Å². The topological polar surface area (TPSA) is 16.4 Å². The molecule has 0 radical (unpaired) electrons. The lowest BCUT2D eigenvalue weighted by molar-refractivity contribution is 0.669. The molecular formula is C52H33NOS. The Morgan fingerprint density at radius 3 is 1.85 bits per heavy atom. The van der Waals surface area contributed by atoms with Crippen LogP contribution in [0.25, 0.3) is 86.3 Å². The standard InChI is InChI=1S/C52H33NOS/c1-2-17-39-34(13-1)14-12-22-41(39)42-19-4-8-24-48(42)53(38-16-11-15-35(31-38)36-27-30-46-45-21-6-10-26-51(45)55-52(46)33-36)47-23-7-3-18-40(47)37-28-29-44-43-20-5-9-25-49(43)54-50(44)32-37/h1-33H. The molecule has 2 nitrogen and oxygen atoms in total. The summed E-state index contributed by atoms with van der Waals surface area (Å²) in [5, 5.41) is 7.33. The van der Waals surface area contributed by atoms with Crippen LogP contribution in [0.1, 0.15) is 0 Å². The molecular weight excluding hydrogens is 687 g/mol. The van der Waals surface area contributed by atoms with Crippen molar-refractivity contribution in [2.75, 3.05) is 4.90 Å². The van der Waals surface area contributed by atoms with E-state index in [0.717, 1.165) is 50.1 Å². The van der Waals surface area contributed by atoms with Gasteiger partial charge < -0.3 is 9.32 Å². The highest BCUT2D eigenvalue weighted by Crippen LogP contribution is 2.47. The van der Waals surface area contributed by atoms with E-state index in [1.165, 1.54) is 53.2 Å². The van der Waals surface area contributed by atoms with E-state index >= 15 is 0 Å². The van der Waals surface area contributed by atoms with Gasteiger partial charge >= 0.3 is 0 Å². The average Bonchev–Trinajstić information content (AvgIpc) is 3.82. The zero-order valence-corrected chi connectivity index (χ0v) is 30.6. The van der Waals surface area contributed by atoms with Crippen molar-refractivity contribution in [3.05, 3.63) is 200 Å². The van der Waals surface area contributed by atoms with Gasteiger partial charge in [0.25, 0.3) is 0 Å². The van der Waals surface area contributed by atoms with Crippen LogP contribution >= 0.6 is 11.3 Å². The molecule has 0 N–H and O–H groups in total. The second-order valence-corrected chi connectivity index (χ2v) is 15.1. The van der Waals surface area contributed by atoms with Gasteiger partial charge in [-0.2, -0.15) is 0 Å². The van der Waals surface area contributed by atoms with Crippen LogP contribution in [0, 0.1) is 0 Å². The molecule has 11 aromatic rings. The lowest BCUT2D eigenvalue weighted by Crippen LogP contribution is -2.12. The molecule has 3 heteroatoms. The predicted octanol–water partition coefficient (Wildman–Crippen LogP) is 15.6. The number of para-hydroxylation sites is 3. The Balaban J connectivity index is 1.13. The Bertz CT molecular complexity index is 3240. The summed E-state index contributed by atoms with van der Waals surface area (Å²) >= 11 is 1.86. The number of fused-ring (bicyclic) bond motifs is 7. The molecule has 55 heavy (non-hydrogen) atoms. The van der Waals surface area contributed by atoms with E-state index < -0.39 is 0 Å². The van der Waals surface area contributed by atoms with Crippen LogP contribution in [0.3, 0.4) is 0 Å². The number of nitrogens with zero attached hydrogens (tertiary/aromatic N) is 1. The summed E-state index contributed by atoms with van der Waals surface area (Å²) in [5.74, 6) is 0. The highest BCUT2D eigenvalue weighted by atomic mass is 32.1. The van der Waals surface area contributed by atoms with Gasteiger partial charge in [-0.3, -0.25) is 0 Å². The van der Waals surface area contributed by atoms with Gasteiger partial charge in [-0.1, -0.05) is 146 Å². The molecule has 2 aromatic heterocycles. The zero-order chi connectivity index (χ0) is 36.3. The van der Waals surface area contributed by atoms with Crippen LogP contribution in [-0.4, -0.2) is 0 Å². The molecule has 0 aliphatic carbocycles. The van der Waals surface area contributed by atoms with E-state index in [1.807, 2.05) is 23.5 Å². The van der Waals surface area contributed by atoms with E-state index in [4.69, 9.17) is 4.42 Å². The molecule has 0 saturated carbocycles. The van der Waals surface area contributed by atoms with E-state index in [0.29, 0.717) is 0 Å². The SMILES string of the molecule is c1cc(-c2ccc3c(c2)sc2ccccc23)cc(N(c2ccccc2-c2ccc3c(c2)oc2ccccc23)c2ccccc2-c2cccc3ccccc23)c1. The summed E-state index contributed by atoms with van der Waals surface area (Å²) in [7, 11) is 0. The second-order valence-electron chi connectivity index (χ2n) is 14.1. The zero-order valence-electron chi connectivity index (χ0n) is 29.8. The number of furan rings is 1. The van der Waals surface area contributed by atoms with Crippen molar-refractivity contribution in [2.45, 2.75) is 0 Å². The first-order chi connectivity index (χ1) is 27.3. The summed E-state index contributed by atoms with van der Waals surface area (Å²) in [6.07, 6.45) is 0. The molecule has 9 aromatic carbocycles. The fourth-order valence-electron chi connectivity index (χ4n) is 8.30. The summed E-state index contributed by atoms with van der Waals surface area (Å²) in [6, 6.07) is 72.3. The van der Waals surface area contributed by atoms with Gasteiger partial charge in [-0.05, 0) is 87.6 Å². The van der Waals surface area contributed by atoms with E-state index in [2.05, 4.69) is 193 Å². The van der Waals surface area contributed by atoms with Gasteiger partial charge in [0.15, 0.2) is 0 Å². The van der Waals surface area contributed by atoms with Crippen LogP contribution in [0.15, 0.2) is 205 Å². The Hall–Kier alpha value is -6.94. The van der Waals surface area contributed by atoms with Crippen LogP contribution in [0.2, 0.25) is 0 Å². The molecule has 0 spiro atoms. The Morgan fingerprint density at radius 2 is 0.945 bits per heavy atom. The lowest BCUT2D eigenvalue weighted by atomic mass is 9.95. The third-order valence-electron chi connectivity index (χ3n) is 10.9. The third-order valence-corrected chi connectivity index (χ3v) is 12.0. The molecule has 0 unspecified atom stereocenters. The Kier molecular flexibility index (Phi) is 7.39. The van der Waals surface area contributed by atoms with Crippen LogP contribution in [-0.2, 0) is 0 Å². The highest BCUT2D eigenvalue weighted by Gasteiger charge is 2.22. The van der Waals surface area contributed by atoms with Crippen LogP contribution in [0.5, 0.6) is 0 Å². The molecule has 0 bridgehead atoms. The Morgan fingerprint density at radius 1 is 0.345 bits per heavy atom. The van der Waals surface area contributed by atoms with Gasteiger partial charge in [0.2, 0.25) is 0 Å². The molecule has 0 amide bonds. The maximum atomic E-state index is 6.40. The minimum atomic E-state index is 0.884. The minimum absolute atomic E-state index is 0.884. The average molecular weight is 720 g/mol. The molecule has 0 fully saturated rings. The van der Waals surface area contributed by atoms with Crippen molar-refractivity contribution < 1.29 is 4.42 Å². The largest absolute Gasteiger partial charge is 0.456 e. The van der Waals surface area contributed by atoms with Crippen molar-refractivity contribution in [2.24, 2.45) is 0 Å².